The van der Waals surface area contributed by atoms with Crippen LogP contribution in [0.1, 0.15) is 63.0 Å². The first kappa shape index (κ1) is 53.9. The fraction of sp³-hybridized carbons (Fsp3) is 0.500. The molecule has 1 heterocycles. The van der Waals surface area contributed by atoms with Gasteiger partial charge in [-0.2, -0.15) is 11.8 Å². The maximum atomic E-state index is 14.0. The van der Waals surface area contributed by atoms with Crippen molar-refractivity contribution in [2.75, 3.05) is 31.6 Å². The second kappa shape index (κ2) is 27.8. The third-order valence-corrected chi connectivity index (χ3v) is 11.2. The van der Waals surface area contributed by atoms with Crippen molar-refractivity contribution in [3.05, 3.63) is 71.8 Å². The Morgan fingerprint density at radius 2 is 1.32 bits per heavy atom. The van der Waals surface area contributed by atoms with Crippen molar-refractivity contribution in [1.29, 1.82) is 0 Å². The van der Waals surface area contributed by atoms with Crippen LogP contribution >= 0.6 is 11.8 Å². The Balaban J connectivity index is 2.01. The van der Waals surface area contributed by atoms with Crippen molar-refractivity contribution in [2.24, 2.45) is 5.73 Å². The minimum Gasteiger partial charge on any atom is -0.481 e. The van der Waals surface area contributed by atoms with Crippen LogP contribution in [0.3, 0.4) is 0 Å². The molecule has 7 atom stereocenters. The molecule has 2 aromatic rings. The van der Waals surface area contributed by atoms with E-state index < -0.39 is 114 Å². The Morgan fingerprint density at radius 1 is 0.727 bits per heavy atom. The van der Waals surface area contributed by atoms with Gasteiger partial charge in [-0.1, -0.05) is 60.7 Å². The highest BCUT2D eigenvalue weighted by molar-refractivity contribution is 7.98. The van der Waals surface area contributed by atoms with Gasteiger partial charge in [0.2, 0.25) is 41.4 Å². The SMILES string of the molecule is CSCC[C@@H]1NC(=O)[C@H](CCC(=O)O)NC(=O)[C@@H](N)CCCCNC(=O)[C@H](CC(=O)O)NC(=O)[C@H](C)NC(=O)[C@H](Cc2ccccc2)NC[C@@](C=O)(Cc2ccccc2)NC(=O)CNC1=O. The van der Waals surface area contributed by atoms with Gasteiger partial charge in [0.25, 0.3) is 0 Å². The van der Waals surface area contributed by atoms with Crippen LogP contribution in [-0.2, 0) is 60.8 Å². The van der Waals surface area contributed by atoms with Crippen LogP contribution < -0.4 is 48.3 Å². The number of thioether (sulfide) groups is 1. The molecule has 1 aliphatic rings. The first-order valence-electron chi connectivity index (χ1n) is 21.5. The second-order valence-electron chi connectivity index (χ2n) is 15.9. The monoisotopic (exact) mass is 939 g/mol. The summed E-state index contributed by atoms with van der Waals surface area (Å²) in [4.78, 5) is 131. The summed E-state index contributed by atoms with van der Waals surface area (Å²) in [7, 11) is 0. The van der Waals surface area contributed by atoms with E-state index in [1.807, 2.05) is 0 Å². The van der Waals surface area contributed by atoms with Crippen molar-refractivity contribution in [3.63, 3.8) is 0 Å². The van der Waals surface area contributed by atoms with E-state index in [2.05, 4.69) is 42.5 Å². The van der Waals surface area contributed by atoms with Gasteiger partial charge in [-0.15, -0.1) is 0 Å². The first-order chi connectivity index (χ1) is 31.4. The molecule has 0 saturated carbocycles. The molecule has 1 aliphatic heterocycles. The van der Waals surface area contributed by atoms with Crippen LogP contribution in [-0.4, -0.2) is 143 Å². The fourth-order valence-corrected chi connectivity index (χ4v) is 7.33. The predicted molar refractivity (Wildman–Crippen MR) is 242 cm³/mol. The number of nitrogens with one attached hydrogen (secondary N) is 8. The normalized spacial score (nSPS) is 25.2. The summed E-state index contributed by atoms with van der Waals surface area (Å²) in [6.45, 7) is 0.335. The van der Waals surface area contributed by atoms with Crippen LogP contribution in [0.2, 0.25) is 0 Å². The number of hydrogen-bond donors (Lipinski definition) is 11. The standard InChI is InChI=1S/C44H61N9O12S/c1-27-38(60)52-34(22-37(58)59)41(63)46-19-10-9-15-30(45)39(61)50-31(16-17-36(56)57)42(64)51-32(18-20-66-2)40(62)47-24-35(55)53-44(26-54,23-29-13-7-4-8-14-29)25-48-33(43(65)49-27)21-28-11-5-3-6-12-28/h3-8,11-14,26-27,30-34,48H,9-10,15-25,45H2,1-2H3,(H,46,63)(H,47,62)(H,49,65)(H,50,61)(H,51,64)(H,52,60)(H,53,55)(H,56,57)(H,58,59)/t27-,30-,31-,32-,33-,34-,44+/m0/s1. The molecule has 1 fully saturated rings. The van der Waals surface area contributed by atoms with Gasteiger partial charge in [-0.3, -0.25) is 43.2 Å². The predicted octanol–water partition coefficient (Wildman–Crippen LogP) is -1.72. The number of aldehydes is 1. The number of hydrogen-bond acceptors (Lipinski definition) is 13. The number of carboxylic acids is 2. The summed E-state index contributed by atoms with van der Waals surface area (Å²) < 4.78 is 0. The molecule has 0 bridgehead atoms. The van der Waals surface area contributed by atoms with Gasteiger partial charge in [0.05, 0.1) is 25.0 Å². The van der Waals surface area contributed by atoms with Gasteiger partial charge >= 0.3 is 11.9 Å². The lowest BCUT2D eigenvalue weighted by atomic mass is 9.91. The molecule has 360 valence electrons. The molecule has 0 unspecified atom stereocenters. The summed E-state index contributed by atoms with van der Waals surface area (Å²) in [5, 5.41) is 39.7. The molecule has 21 nitrogen and oxygen atoms in total. The average Bonchev–Trinajstić information content (AvgIpc) is 3.28. The van der Waals surface area contributed by atoms with Crippen molar-refractivity contribution in [1.82, 2.24) is 42.5 Å². The number of aliphatic carboxylic acids is 2. The lowest BCUT2D eigenvalue weighted by Gasteiger charge is -2.32. The number of amides is 7. The van der Waals surface area contributed by atoms with Crippen LogP contribution in [0.15, 0.2) is 60.7 Å². The molecule has 66 heavy (non-hydrogen) atoms. The largest absolute Gasteiger partial charge is 0.481 e. The van der Waals surface area contributed by atoms with Gasteiger partial charge in [-0.25, -0.2) is 0 Å². The van der Waals surface area contributed by atoms with Crippen molar-refractivity contribution >= 4 is 71.3 Å². The first-order valence-corrected chi connectivity index (χ1v) is 22.9. The summed E-state index contributed by atoms with van der Waals surface area (Å²) >= 11 is 1.36. The van der Waals surface area contributed by atoms with Gasteiger partial charge in [0, 0.05) is 25.9 Å². The highest BCUT2D eigenvalue weighted by Gasteiger charge is 2.36. The van der Waals surface area contributed by atoms with E-state index >= 15 is 0 Å². The highest BCUT2D eigenvalue weighted by atomic mass is 32.2. The number of nitrogens with two attached hydrogens (primary N) is 1. The van der Waals surface area contributed by atoms with Crippen molar-refractivity contribution in [3.8, 4) is 0 Å². The minimum atomic E-state index is -1.73. The van der Waals surface area contributed by atoms with Gasteiger partial charge in [0.15, 0.2) is 0 Å². The fourth-order valence-electron chi connectivity index (χ4n) is 6.86. The Labute approximate surface area is 386 Å². The van der Waals surface area contributed by atoms with E-state index in [4.69, 9.17) is 5.73 Å². The molecule has 1 saturated heterocycles. The molecule has 12 N–H and O–H groups in total. The molecule has 0 aliphatic carbocycles. The van der Waals surface area contributed by atoms with Gasteiger partial charge < -0.3 is 63.3 Å². The Hall–Kier alpha value is -6.39. The summed E-state index contributed by atoms with van der Waals surface area (Å²) in [6, 6.07) is 9.67. The summed E-state index contributed by atoms with van der Waals surface area (Å²) in [5.41, 5.74) is 5.69. The highest BCUT2D eigenvalue weighted by Crippen LogP contribution is 2.14. The Morgan fingerprint density at radius 3 is 1.94 bits per heavy atom. The number of rotatable bonds is 13. The van der Waals surface area contributed by atoms with Crippen LogP contribution in [0.4, 0.5) is 0 Å². The van der Waals surface area contributed by atoms with E-state index in [1.165, 1.54) is 18.7 Å². The summed E-state index contributed by atoms with van der Waals surface area (Å²) in [5.74, 6) is -7.94. The van der Waals surface area contributed by atoms with E-state index in [9.17, 15) is 58.2 Å². The molecular formula is C44H61N9O12S. The smallest absolute Gasteiger partial charge is 0.305 e. The quantitative estimate of drug-likeness (QED) is 0.0996. The van der Waals surface area contributed by atoms with Crippen LogP contribution in [0.5, 0.6) is 0 Å². The van der Waals surface area contributed by atoms with Crippen molar-refractivity contribution < 1.29 is 58.2 Å². The molecule has 7 amide bonds. The lowest BCUT2D eigenvalue weighted by Crippen LogP contribution is -2.62. The average molecular weight is 940 g/mol. The maximum absolute atomic E-state index is 14.0. The zero-order valence-electron chi connectivity index (χ0n) is 37.0. The molecule has 0 aromatic heterocycles. The maximum Gasteiger partial charge on any atom is 0.305 e. The van der Waals surface area contributed by atoms with E-state index in [0.29, 0.717) is 23.2 Å². The molecule has 2 aromatic carbocycles. The van der Waals surface area contributed by atoms with Crippen molar-refractivity contribution in [2.45, 2.75) is 107 Å². The van der Waals surface area contributed by atoms with Crippen LogP contribution in [0.25, 0.3) is 0 Å². The van der Waals surface area contributed by atoms with Gasteiger partial charge in [-0.05, 0) is 68.6 Å². The van der Waals surface area contributed by atoms with E-state index in [0.717, 1.165) is 0 Å². The number of carboxylic acid groups (broad SMARTS) is 2. The minimum absolute atomic E-state index is 0.00552. The Bertz CT molecular complexity index is 2000. The molecular weight excluding hydrogens is 879 g/mol. The lowest BCUT2D eigenvalue weighted by molar-refractivity contribution is -0.141. The van der Waals surface area contributed by atoms with Gasteiger partial charge in [0.1, 0.15) is 36.0 Å². The molecule has 22 heteroatoms. The Kier molecular flexibility index (Phi) is 22.7. The topological polar surface area (TPSA) is 333 Å². The summed E-state index contributed by atoms with van der Waals surface area (Å²) in [6.07, 6.45) is 1.24. The third kappa shape index (κ3) is 19.0. The second-order valence-corrected chi connectivity index (χ2v) is 16.9. The van der Waals surface area contributed by atoms with E-state index in [1.54, 1.807) is 66.9 Å². The zero-order valence-corrected chi connectivity index (χ0v) is 37.8. The molecule has 3 rings (SSSR count). The zero-order chi connectivity index (χ0) is 48.6. The third-order valence-electron chi connectivity index (χ3n) is 10.5. The molecule has 0 radical (unpaired) electrons. The number of carbonyl (C=O) groups is 10. The van der Waals surface area contributed by atoms with E-state index in [-0.39, 0.29) is 58.0 Å². The van der Waals surface area contributed by atoms with Crippen LogP contribution in [0, 0.1) is 0 Å². The number of benzene rings is 2. The molecule has 0 spiro atoms. The number of carbonyl (C=O) groups excluding carboxylic acids is 8.